The number of nitrogen functional groups attached to an aromatic ring is 1. The third-order valence-corrected chi connectivity index (χ3v) is 5.17. The predicted octanol–water partition coefficient (Wildman–Crippen LogP) is 3.76. The number of hydrogen-bond acceptors (Lipinski definition) is 7. The molecule has 7 nitrogen and oxygen atoms in total. The Morgan fingerprint density at radius 3 is 1.70 bits per heavy atom. The Bertz CT molecular complexity index is 963. The highest BCUT2D eigenvalue weighted by atomic mass is 35.7. The fraction of sp³-hybridized carbons (Fsp3) is 0.125. The number of benzene rings is 2. The van der Waals surface area contributed by atoms with Gasteiger partial charge in [-0.2, -0.15) is 0 Å². The van der Waals surface area contributed by atoms with Gasteiger partial charge in [-0.05, 0) is 36.4 Å². The molecule has 0 saturated heterocycles. The van der Waals surface area contributed by atoms with Gasteiger partial charge in [0.1, 0.15) is 4.90 Å². The number of halogens is 3. The second kappa shape index (κ2) is 9.80. The Morgan fingerprint density at radius 2 is 1.33 bits per heavy atom. The molecule has 2 N–H and O–H groups in total. The van der Waals surface area contributed by atoms with Gasteiger partial charge in [-0.15, -0.1) is 0 Å². The summed E-state index contributed by atoms with van der Waals surface area (Å²) < 4.78 is 30.9. The van der Waals surface area contributed by atoms with E-state index in [0.717, 1.165) is 6.07 Å². The van der Waals surface area contributed by atoms with Crippen molar-refractivity contribution in [2.45, 2.75) is 4.90 Å². The zero-order chi connectivity index (χ0) is 20.8. The first-order valence-corrected chi connectivity index (χ1v) is 10.0. The van der Waals surface area contributed by atoms with E-state index in [0.29, 0.717) is 16.3 Å². The van der Waals surface area contributed by atoms with Crippen molar-refractivity contribution in [3.05, 3.63) is 57.6 Å². The monoisotopic (exact) mass is 453 g/mol. The van der Waals surface area contributed by atoms with Crippen molar-refractivity contribution in [2.75, 3.05) is 20.0 Å². The topological polar surface area (TPSA) is 113 Å². The summed E-state index contributed by atoms with van der Waals surface area (Å²) in [5.74, 6) is -1.02. The number of anilines is 1. The Balaban J connectivity index is 0.000000277. The molecule has 0 aliphatic carbocycles. The standard InChI is InChI=1S/C8H6Cl2O4S.C8H8ClNO2/c1-14-8(11)5-2-3-7(6(9)4-5)15(10,12)13;1-12-8(11)5-2-3-7(10)6(9)4-5/h2-4H,1H3;2-4H,10H2,1H3. The Morgan fingerprint density at radius 1 is 0.889 bits per heavy atom. The van der Waals surface area contributed by atoms with Gasteiger partial charge in [0.05, 0.1) is 41.1 Å². The molecule has 146 valence electrons. The molecule has 0 unspecified atom stereocenters. The second-order valence-electron chi connectivity index (χ2n) is 4.80. The Kier molecular flexibility index (Phi) is 8.36. The van der Waals surface area contributed by atoms with Crippen LogP contribution in [0.4, 0.5) is 5.69 Å². The van der Waals surface area contributed by atoms with Gasteiger partial charge in [0.2, 0.25) is 0 Å². The van der Waals surface area contributed by atoms with Crippen LogP contribution in [0.1, 0.15) is 20.7 Å². The molecule has 0 saturated carbocycles. The molecule has 0 bridgehead atoms. The van der Waals surface area contributed by atoms with Crippen molar-refractivity contribution in [1.29, 1.82) is 0 Å². The first kappa shape index (κ1) is 23.0. The summed E-state index contributed by atoms with van der Waals surface area (Å²) in [7, 11) is 3.73. The SMILES string of the molecule is COC(=O)c1ccc(N)c(Cl)c1.COC(=O)c1ccc(S(=O)(=O)Cl)c(Cl)c1. The van der Waals surface area contributed by atoms with Crippen molar-refractivity contribution in [2.24, 2.45) is 0 Å². The van der Waals surface area contributed by atoms with Gasteiger partial charge in [-0.25, -0.2) is 18.0 Å². The van der Waals surface area contributed by atoms with Crippen molar-refractivity contribution in [1.82, 2.24) is 0 Å². The van der Waals surface area contributed by atoms with E-state index in [2.05, 4.69) is 9.47 Å². The molecular weight excluding hydrogens is 441 g/mol. The molecule has 0 atom stereocenters. The normalized spacial score (nSPS) is 10.4. The van der Waals surface area contributed by atoms with Gasteiger partial charge in [0.15, 0.2) is 0 Å². The molecule has 0 radical (unpaired) electrons. The molecule has 2 rings (SSSR count). The Hall–Kier alpha value is -2.00. The summed E-state index contributed by atoms with van der Waals surface area (Å²) in [6.45, 7) is 0. The maximum Gasteiger partial charge on any atom is 0.337 e. The summed E-state index contributed by atoms with van der Waals surface area (Å²) in [5.41, 5.74) is 6.45. The number of nitrogens with two attached hydrogens (primary N) is 1. The summed E-state index contributed by atoms with van der Waals surface area (Å²) in [6.07, 6.45) is 0. The Labute approximate surface area is 170 Å². The van der Waals surface area contributed by atoms with Gasteiger partial charge in [-0.1, -0.05) is 23.2 Å². The number of esters is 2. The molecule has 2 aromatic carbocycles. The summed E-state index contributed by atoms with van der Waals surface area (Å²) >= 11 is 11.3. The van der Waals surface area contributed by atoms with E-state index in [1.807, 2.05) is 0 Å². The zero-order valence-electron chi connectivity index (χ0n) is 14.0. The maximum absolute atomic E-state index is 11.1. The fourth-order valence-corrected chi connectivity index (χ4v) is 3.43. The van der Waals surface area contributed by atoms with Crippen LogP contribution in [0, 0.1) is 0 Å². The van der Waals surface area contributed by atoms with Gasteiger partial charge in [-0.3, -0.25) is 0 Å². The summed E-state index contributed by atoms with van der Waals surface area (Å²) in [6, 6.07) is 8.21. The summed E-state index contributed by atoms with van der Waals surface area (Å²) in [5, 5.41) is 0.241. The van der Waals surface area contributed by atoms with E-state index in [4.69, 9.17) is 39.6 Å². The van der Waals surface area contributed by atoms with Gasteiger partial charge in [0.25, 0.3) is 9.05 Å². The largest absolute Gasteiger partial charge is 0.465 e. The van der Waals surface area contributed by atoms with Crippen LogP contribution in [0.25, 0.3) is 0 Å². The molecule has 0 spiro atoms. The zero-order valence-corrected chi connectivity index (χ0v) is 17.1. The number of carbonyl (C=O) groups excluding carboxylic acids is 2. The third kappa shape index (κ3) is 6.59. The lowest BCUT2D eigenvalue weighted by Gasteiger charge is -2.02. The highest BCUT2D eigenvalue weighted by Gasteiger charge is 2.16. The van der Waals surface area contributed by atoms with Crippen LogP contribution < -0.4 is 5.73 Å². The van der Waals surface area contributed by atoms with Crippen molar-refractivity contribution < 1.29 is 27.5 Å². The van der Waals surface area contributed by atoms with Crippen LogP contribution in [0.2, 0.25) is 10.0 Å². The molecular formula is C16H14Cl3NO6S. The quantitative estimate of drug-likeness (QED) is 0.427. The van der Waals surface area contributed by atoms with E-state index in [1.54, 1.807) is 12.1 Å². The first-order chi connectivity index (χ1) is 12.5. The molecule has 11 heteroatoms. The number of methoxy groups -OCH3 is 2. The van der Waals surface area contributed by atoms with Crippen LogP contribution >= 0.6 is 33.9 Å². The number of rotatable bonds is 3. The minimum Gasteiger partial charge on any atom is -0.465 e. The predicted molar refractivity (Wildman–Crippen MR) is 103 cm³/mol. The van der Waals surface area contributed by atoms with Crippen molar-refractivity contribution >= 4 is 60.6 Å². The number of carbonyl (C=O) groups is 2. The third-order valence-electron chi connectivity index (χ3n) is 3.04. The molecule has 27 heavy (non-hydrogen) atoms. The van der Waals surface area contributed by atoms with Crippen LogP contribution in [0.15, 0.2) is 41.3 Å². The van der Waals surface area contributed by atoms with E-state index >= 15 is 0 Å². The lowest BCUT2D eigenvalue weighted by molar-refractivity contribution is 0.0592. The average molecular weight is 455 g/mol. The minimum absolute atomic E-state index is 0.118. The lowest BCUT2D eigenvalue weighted by Crippen LogP contribution is -2.02. The summed E-state index contributed by atoms with van der Waals surface area (Å²) in [4.78, 5) is 21.8. The molecule has 0 amide bonds. The molecule has 0 aromatic heterocycles. The molecule has 0 fully saturated rings. The van der Waals surface area contributed by atoms with E-state index in [-0.39, 0.29) is 15.5 Å². The second-order valence-corrected chi connectivity index (χ2v) is 8.15. The highest BCUT2D eigenvalue weighted by Crippen LogP contribution is 2.25. The highest BCUT2D eigenvalue weighted by molar-refractivity contribution is 8.13. The lowest BCUT2D eigenvalue weighted by atomic mass is 10.2. The van der Waals surface area contributed by atoms with Crippen LogP contribution in [-0.4, -0.2) is 34.6 Å². The smallest absolute Gasteiger partial charge is 0.337 e. The average Bonchev–Trinajstić information content (AvgIpc) is 2.62. The van der Waals surface area contributed by atoms with Crippen molar-refractivity contribution in [3.63, 3.8) is 0 Å². The van der Waals surface area contributed by atoms with E-state index in [9.17, 15) is 18.0 Å². The molecule has 0 aliphatic rings. The van der Waals surface area contributed by atoms with E-state index in [1.165, 1.54) is 32.4 Å². The first-order valence-electron chi connectivity index (χ1n) is 6.97. The maximum atomic E-state index is 11.1. The van der Waals surface area contributed by atoms with Gasteiger partial charge in [0, 0.05) is 10.7 Å². The number of ether oxygens (including phenoxy) is 2. The van der Waals surface area contributed by atoms with Gasteiger partial charge >= 0.3 is 11.9 Å². The van der Waals surface area contributed by atoms with Crippen molar-refractivity contribution in [3.8, 4) is 0 Å². The van der Waals surface area contributed by atoms with Gasteiger partial charge < -0.3 is 15.2 Å². The number of hydrogen-bond donors (Lipinski definition) is 1. The minimum atomic E-state index is -3.89. The van der Waals surface area contributed by atoms with Crippen LogP contribution in [0.3, 0.4) is 0 Å². The van der Waals surface area contributed by atoms with Crippen LogP contribution in [-0.2, 0) is 18.5 Å². The molecule has 2 aromatic rings. The fourth-order valence-electron chi connectivity index (χ4n) is 1.72. The van der Waals surface area contributed by atoms with Crippen LogP contribution in [0.5, 0.6) is 0 Å². The molecule has 0 heterocycles. The molecule has 0 aliphatic heterocycles. The van der Waals surface area contributed by atoms with E-state index < -0.39 is 21.0 Å².